The van der Waals surface area contributed by atoms with Gasteiger partial charge in [0, 0.05) is 35.4 Å². The SMILES string of the molecule is CCN(Cc1ccc(C)s1)C1CNC1. The van der Waals surface area contributed by atoms with Crippen LogP contribution < -0.4 is 5.32 Å². The van der Waals surface area contributed by atoms with Crippen molar-refractivity contribution in [1.82, 2.24) is 10.2 Å². The van der Waals surface area contributed by atoms with Crippen LogP contribution in [0.25, 0.3) is 0 Å². The van der Waals surface area contributed by atoms with Gasteiger partial charge in [-0.15, -0.1) is 11.3 Å². The number of thiophene rings is 1. The Morgan fingerprint density at radius 2 is 2.29 bits per heavy atom. The second kappa shape index (κ2) is 4.43. The fourth-order valence-electron chi connectivity index (χ4n) is 1.80. The van der Waals surface area contributed by atoms with Gasteiger partial charge in [-0.05, 0) is 25.6 Å². The number of hydrogen-bond acceptors (Lipinski definition) is 3. The Kier molecular flexibility index (Phi) is 3.21. The Labute approximate surface area is 89.9 Å². The molecular weight excluding hydrogens is 192 g/mol. The van der Waals surface area contributed by atoms with Gasteiger partial charge in [0.25, 0.3) is 0 Å². The molecule has 1 saturated heterocycles. The maximum Gasteiger partial charge on any atom is 0.0349 e. The molecule has 1 N–H and O–H groups in total. The maximum absolute atomic E-state index is 3.33. The second-order valence-corrected chi connectivity index (χ2v) is 5.26. The molecule has 0 saturated carbocycles. The summed E-state index contributed by atoms with van der Waals surface area (Å²) >= 11 is 1.92. The number of hydrogen-bond donors (Lipinski definition) is 1. The molecule has 0 bridgehead atoms. The number of likely N-dealkylation sites (N-methyl/N-ethyl adjacent to an activating group) is 1. The first kappa shape index (κ1) is 10.1. The summed E-state index contributed by atoms with van der Waals surface area (Å²) in [5.74, 6) is 0. The van der Waals surface area contributed by atoms with E-state index >= 15 is 0 Å². The van der Waals surface area contributed by atoms with Crippen molar-refractivity contribution in [3.63, 3.8) is 0 Å². The monoisotopic (exact) mass is 210 g/mol. The van der Waals surface area contributed by atoms with Crippen molar-refractivity contribution >= 4 is 11.3 Å². The van der Waals surface area contributed by atoms with Gasteiger partial charge in [-0.1, -0.05) is 6.92 Å². The summed E-state index contributed by atoms with van der Waals surface area (Å²) in [5.41, 5.74) is 0. The molecule has 2 heterocycles. The maximum atomic E-state index is 3.33. The summed E-state index contributed by atoms with van der Waals surface area (Å²) in [4.78, 5) is 5.47. The highest BCUT2D eigenvalue weighted by Crippen LogP contribution is 2.18. The molecule has 2 rings (SSSR count). The Balaban J connectivity index is 1.93. The summed E-state index contributed by atoms with van der Waals surface area (Å²) in [5, 5.41) is 3.33. The topological polar surface area (TPSA) is 15.3 Å². The second-order valence-electron chi connectivity index (χ2n) is 3.89. The largest absolute Gasteiger partial charge is 0.314 e. The van der Waals surface area contributed by atoms with Crippen molar-refractivity contribution in [2.24, 2.45) is 0 Å². The summed E-state index contributed by atoms with van der Waals surface area (Å²) in [7, 11) is 0. The minimum Gasteiger partial charge on any atom is -0.314 e. The van der Waals surface area contributed by atoms with Crippen LogP contribution in [0, 0.1) is 6.92 Å². The number of nitrogens with one attached hydrogen (secondary N) is 1. The van der Waals surface area contributed by atoms with Gasteiger partial charge in [0.2, 0.25) is 0 Å². The van der Waals surface area contributed by atoms with Crippen LogP contribution in [0.15, 0.2) is 12.1 Å². The highest BCUT2D eigenvalue weighted by molar-refractivity contribution is 7.11. The Morgan fingerprint density at radius 1 is 1.50 bits per heavy atom. The van der Waals surface area contributed by atoms with Crippen LogP contribution in [-0.2, 0) is 6.54 Å². The lowest BCUT2D eigenvalue weighted by atomic mass is 10.1. The Hall–Kier alpha value is -0.380. The molecular formula is C11H18N2S. The third-order valence-electron chi connectivity index (χ3n) is 2.84. The smallest absolute Gasteiger partial charge is 0.0349 e. The fourth-order valence-corrected chi connectivity index (χ4v) is 2.72. The molecule has 1 aromatic heterocycles. The molecule has 14 heavy (non-hydrogen) atoms. The average molecular weight is 210 g/mol. The van der Waals surface area contributed by atoms with Gasteiger partial charge in [0.15, 0.2) is 0 Å². The molecule has 0 atom stereocenters. The Bertz CT molecular complexity index is 291. The number of nitrogens with zero attached hydrogens (tertiary/aromatic N) is 1. The third-order valence-corrected chi connectivity index (χ3v) is 3.82. The first-order chi connectivity index (χ1) is 6.79. The zero-order valence-electron chi connectivity index (χ0n) is 8.92. The minimum absolute atomic E-state index is 0.766. The van der Waals surface area contributed by atoms with Gasteiger partial charge >= 0.3 is 0 Å². The van der Waals surface area contributed by atoms with E-state index in [1.807, 2.05) is 11.3 Å². The molecule has 0 amide bonds. The quantitative estimate of drug-likeness (QED) is 0.816. The number of rotatable bonds is 4. The van der Waals surface area contributed by atoms with Crippen LogP contribution in [0.2, 0.25) is 0 Å². The predicted octanol–water partition coefficient (Wildman–Crippen LogP) is 1.85. The van der Waals surface area contributed by atoms with E-state index < -0.39 is 0 Å². The first-order valence-electron chi connectivity index (χ1n) is 5.29. The predicted molar refractivity (Wildman–Crippen MR) is 61.8 cm³/mol. The van der Waals surface area contributed by atoms with E-state index in [-0.39, 0.29) is 0 Å². The standard InChI is InChI=1S/C11H18N2S/c1-3-13(10-6-12-7-10)8-11-5-4-9(2)14-11/h4-5,10,12H,3,6-8H2,1-2H3. The Morgan fingerprint density at radius 3 is 2.71 bits per heavy atom. The van der Waals surface area contributed by atoms with E-state index in [9.17, 15) is 0 Å². The van der Waals surface area contributed by atoms with Crippen molar-refractivity contribution in [3.05, 3.63) is 21.9 Å². The van der Waals surface area contributed by atoms with E-state index in [0.29, 0.717) is 0 Å². The highest BCUT2D eigenvalue weighted by atomic mass is 32.1. The zero-order chi connectivity index (χ0) is 9.97. The highest BCUT2D eigenvalue weighted by Gasteiger charge is 2.23. The van der Waals surface area contributed by atoms with Crippen molar-refractivity contribution < 1.29 is 0 Å². The van der Waals surface area contributed by atoms with E-state index in [0.717, 1.165) is 32.2 Å². The molecule has 0 aromatic carbocycles. The van der Waals surface area contributed by atoms with Crippen molar-refractivity contribution in [2.75, 3.05) is 19.6 Å². The molecule has 1 aliphatic rings. The van der Waals surface area contributed by atoms with Crippen molar-refractivity contribution in [3.8, 4) is 0 Å². The van der Waals surface area contributed by atoms with Crippen LogP contribution in [0.1, 0.15) is 16.7 Å². The molecule has 1 fully saturated rings. The van der Waals surface area contributed by atoms with E-state index in [1.165, 1.54) is 9.75 Å². The molecule has 0 spiro atoms. The molecule has 78 valence electrons. The molecule has 2 nitrogen and oxygen atoms in total. The van der Waals surface area contributed by atoms with E-state index in [4.69, 9.17) is 0 Å². The summed E-state index contributed by atoms with van der Waals surface area (Å²) < 4.78 is 0. The first-order valence-corrected chi connectivity index (χ1v) is 6.11. The van der Waals surface area contributed by atoms with Crippen molar-refractivity contribution in [1.29, 1.82) is 0 Å². The average Bonchev–Trinajstić information content (AvgIpc) is 2.47. The number of aryl methyl sites for hydroxylation is 1. The molecule has 3 heteroatoms. The summed E-state index contributed by atoms with van der Waals surface area (Å²) in [6.45, 7) is 9.04. The molecule has 0 unspecified atom stereocenters. The van der Waals surface area contributed by atoms with Gasteiger partial charge in [0.05, 0.1) is 0 Å². The molecule has 0 radical (unpaired) electrons. The van der Waals surface area contributed by atoms with Gasteiger partial charge in [0.1, 0.15) is 0 Å². The zero-order valence-corrected chi connectivity index (χ0v) is 9.73. The summed E-state index contributed by atoms with van der Waals surface area (Å²) in [6.07, 6.45) is 0. The minimum atomic E-state index is 0.766. The van der Waals surface area contributed by atoms with Gasteiger partial charge in [-0.2, -0.15) is 0 Å². The van der Waals surface area contributed by atoms with Crippen LogP contribution in [0.5, 0.6) is 0 Å². The van der Waals surface area contributed by atoms with E-state index in [2.05, 4.69) is 36.2 Å². The third kappa shape index (κ3) is 2.16. The van der Waals surface area contributed by atoms with Gasteiger partial charge in [-0.25, -0.2) is 0 Å². The van der Waals surface area contributed by atoms with Crippen molar-refractivity contribution in [2.45, 2.75) is 26.4 Å². The molecule has 1 aromatic rings. The van der Waals surface area contributed by atoms with Gasteiger partial charge < -0.3 is 5.32 Å². The lowest BCUT2D eigenvalue weighted by Crippen LogP contribution is -2.56. The van der Waals surface area contributed by atoms with Crippen LogP contribution >= 0.6 is 11.3 Å². The normalized spacial score (nSPS) is 17.4. The fraction of sp³-hybridized carbons (Fsp3) is 0.636. The van der Waals surface area contributed by atoms with Gasteiger partial charge in [-0.3, -0.25) is 4.90 Å². The lowest BCUT2D eigenvalue weighted by Gasteiger charge is -2.37. The van der Waals surface area contributed by atoms with Crippen LogP contribution in [0.4, 0.5) is 0 Å². The lowest BCUT2D eigenvalue weighted by molar-refractivity contribution is 0.146. The molecule has 1 aliphatic heterocycles. The molecule has 0 aliphatic carbocycles. The van der Waals surface area contributed by atoms with Crippen LogP contribution in [-0.4, -0.2) is 30.6 Å². The summed E-state index contributed by atoms with van der Waals surface area (Å²) in [6, 6.07) is 5.24. The van der Waals surface area contributed by atoms with Crippen LogP contribution in [0.3, 0.4) is 0 Å². The van der Waals surface area contributed by atoms with E-state index in [1.54, 1.807) is 0 Å².